The van der Waals surface area contributed by atoms with Crippen LogP contribution < -0.4 is 5.32 Å². The summed E-state index contributed by atoms with van der Waals surface area (Å²) < 4.78 is 0. The SMILES string of the molecule is Cc1cccc(Nc2cc(C3CCCN3Cc3ncc[nH]3)ccn2)n1. The van der Waals surface area contributed by atoms with E-state index in [0.29, 0.717) is 6.04 Å². The molecule has 6 nitrogen and oxygen atoms in total. The summed E-state index contributed by atoms with van der Waals surface area (Å²) in [7, 11) is 0. The topological polar surface area (TPSA) is 69.7 Å². The number of aromatic nitrogens is 4. The van der Waals surface area contributed by atoms with Crippen LogP contribution in [0.15, 0.2) is 48.9 Å². The van der Waals surface area contributed by atoms with Gasteiger partial charge in [0.2, 0.25) is 0 Å². The minimum Gasteiger partial charge on any atom is -0.348 e. The molecule has 25 heavy (non-hydrogen) atoms. The van der Waals surface area contributed by atoms with Gasteiger partial charge in [-0.25, -0.2) is 15.0 Å². The number of hydrogen-bond acceptors (Lipinski definition) is 5. The lowest BCUT2D eigenvalue weighted by Crippen LogP contribution is -2.23. The molecule has 128 valence electrons. The Morgan fingerprint density at radius 1 is 1.20 bits per heavy atom. The summed E-state index contributed by atoms with van der Waals surface area (Å²) in [6.45, 7) is 3.93. The van der Waals surface area contributed by atoms with Crippen molar-refractivity contribution in [3.63, 3.8) is 0 Å². The van der Waals surface area contributed by atoms with E-state index >= 15 is 0 Å². The van der Waals surface area contributed by atoms with E-state index in [0.717, 1.165) is 42.7 Å². The van der Waals surface area contributed by atoms with E-state index in [1.165, 1.54) is 12.0 Å². The number of likely N-dealkylation sites (tertiary alicyclic amines) is 1. The number of pyridine rings is 2. The summed E-state index contributed by atoms with van der Waals surface area (Å²) in [6.07, 6.45) is 7.92. The molecule has 4 heterocycles. The van der Waals surface area contributed by atoms with Gasteiger partial charge in [0.15, 0.2) is 0 Å². The van der Waals surface area contributed by atoms with Crippen LogP contribution >= 0.6 is 0 Å². The Hall–Kier alpha value is -2.73. The summed E-state index contributed by atoms with van der Waals surface area (Å²) in [6, 6.07) is 10.6. The lowest BCUT2D eigenvalue weighted by molar-refractivity contribution is 0.243. The second-order valence-corrected chi connectivity index (χ2v) is 6.43. The normalized spacial score (nSPS) is 17.7. The highest BCUT2D eigenvalue weighted by Gasteiger charge is 2.26. The largest absolute Gasteiger partial charge is 0.348 e. The number of hydrogen-bond donors (Lipinski definition) is 2. The maximum atomic E-state index is 4.49. The van der Waals surface area contributed by atoms with Gasteiger partial charge in [-0.15, -0.1) is 0 Å². The zero-order valence-corrected chi connectivity index (χ0v) is 14.3. The molecule has 0 aliphatic carbocycles. The van der Waals surface area contributed by atoms with Gasteiger partial charge in [0.05, 0.1) is 6.54 Å². The molecule has 0 radical (unpaired) electrons. The van der Waals surface area contributed by atoms with Crippen LogP contribution in [-0.2, 0) is 6.54 Å². The summed E-state index contributed by atoms with van der Waals surface area (Å²) >= 11 is 0. The van der Waals surface area contributed by atoms with E-state index in [9.17, 15) is 0 Å². The first kappa shape index (κ1) is 15.8. The summed E-state index contributed by atoms with van der Waals surface area (Å²) in [5, 5.41) is 3.31. The summed E-state index contributed by atoms with van der Waals surface area (Å²) in [5.41, 5.74) is 2.27. The van der Waals surface area contributed by atoms with Crippen LogP contribution in [0.3, 0.4) is 0 Å². The zero-order valence-electron chi connectivity index (χ0n) is 14.3. The van der Waals surface area contributed by atoms with Gasteiger partial charge in [-0.2, -0.15) is 0 Å². The fraction of sp³-hybridized carbons (Fsp3) is 0.316. The van der Waals surface area contributed by atoms with Crippen molar-refractivity contribution in [1.29, 1.82) is 0 Å². The van der Waals surface area contributed by atoms with Crippen molar-refractivity contribution in [2.24, 2.45) is 0 Å². The van der Waals surface area contributed by atoms with Crippen molar-refractivity contribution in [2.75, 3.05) is 11.9 Å². The molecule has 0 spiro atoms. The standard InChI is InChI=1S/C19H22N6/c1-14-4-2-6-17(23-14)24-18-12-15(7-8-20-18)16-5-3-11-25(16)13-19-21-9-10-22-19/h2,4,6-10,12,16H,3,5,11,13H2,1H3,(H,21,22)(H,20,23,24). The number of H-pyrrole nitrogens is 1. The van der Waals surface area contributed by atoms with Gasteiger partial charge in [0.1, 0.15) is 17.5 Å². The van der Waals surface area contributed by atoms with Crippen LogP contribution in [0.4, 0.5) is 11.6 Å². The van der Waals surface area contributed by atoms with Crippen molar-refractivity contribution in [1.82, 2.24) is 24.8 Å². The fourth-order valence-corrected chi connectivity index (χ4v) is 3.44. The third-order valence-electron chi connectivity index (χ3n) is 4.58. The van der Waals surface area contributed by atoms with Crippen LogP contribution in [0.1, 0.15) is 36.0 Å². The maximum absolute atomic E-state index is 4.49. The van der Waals surface area contributed by atoms with Gasteiger partial charge in [0.25, 0.3) is 0 Å². The van der Waals surface area contributed by atoms with E-state index in [4.69, 9.17) is 0 Å². The Kier molecular flexibility index (Phi) is 4.43. The van der Waals surface area contributed by atoms with Gasteiger partial charge < -0.3 is 10.3 Å². The predicted molar refractivity (Wildman–Crippen MR) is 97.5 cm³/mol. The number of imidazole rings is 1. The molecule has 6 heteroatoms. The Morgan fingerprint density at radius 3 is 3.00 bits per heavy atom. The van der Waals surface area contributed by atoms with Crippen LogP contribution in [-0.4, -0.2) is 31.4 Å². The molecule has 1 saturated heterocycles. The fourth-order valence-electron chi connectivity index (χ4n) is 3.44. The quantitative estimate of drug-likeness (QED) is 0.746. The lowest BCUT2D eigenvalue weighted by Gasteiger charge is -2.24. The molecule has 3 aromatic heterocycles. The molecular weight excluding hydrogens is 312 g/mol. The Balaban J connectivity index is 1.52. The average molecular weight is 334 g/mol. The second-order valence-electron chi connectivity index (χ2n) is 6.43. The molecule has 1 aliphatic rings. The molecule has 1 aliphatic heterocycles. The maximum Gasteiger partial charge on any atom is 0.131 e. The van der Waals surface area contributed by atoms with Gasteiger partial charge >= 0.3 is 0 Å². The molecule has 0 aromatic carbocycles. The molecule has 1 unspecified atom stereocenters. The lowest BCUT2D eigenvalue weighted by atomic mass is 10.1. The molecule has 2 N–H and O–H groups in total. The number of aryl methyl sites for hydroxylation is 1. The molecular formula is C19H22N6. The second kappa shape index (κ2) is 7.03. The van der Waals surface area contributed by atoms with Crippen molar-refractivity contribution < 1.29 is 0 Å². The van der Waals surface area contributed by atoms with Gasteiger partial charge in [0, 0.05) is 30.3 Å². The molecule has 0 saturated carbocycles. The number of aromatic amines is 1. The Bertz CT molecular complexity index is 829. The molecule has 1 fully saturated rings. The first-order valence-electron chi connectivity index (χ1n) is 8.67. The number of rotatable bonds is 5. The molecule has 3 aromatic rings. The van der Waals surface area contributed by atoms with E-state index in [2.05, 4.69) is 42.3 Å². The van der Waals surface area contributed by atoms with E-state index in [-0.39, 0.29) is 0 Å². The average Bonchev–Trinajstić information content (AvgIpc) is 3.27. The molecule has 0 amide bonds. The molecule has 1 atom stereocenters. The summed E-state index contributed by atoms with van der Waals surface area (Å²) in [4.78, 5) is 19.0. The smallest absolute Gasteiger partial charge is 0.131 e. The van der Waals surface area contributed by atoms with Crippen LogP contribution in [0.2, 0.25) is 0 Å². The molecule has 4 rings (SSSR count). The summed E-state index contributed by atoms with van der Waals surface area (Å²) in [5.74, 6) is 2.67. The first-order chi connectivity index (χ1) is 12.3. The van der Waals surface area contributed by atoms with Gasteiger partial charge in [-0.1, -0.05) is 6.07 Å². The monoisotopic (exact) mass is 334 g/mol. The predicted octanol–water partition coefficient (Wildman–Crippen LogP) is 3.59. The number of nitrogens with one attached hydrogen (secondary N) is 2. The highest BCUT2D eigenvalue weighted by Crippen LogP contribution is 2.33. The van der Waals surface area contributed by atoms with Crippen molar-refractivity contribution in [2.45, 2.75) is 32.4 Å². The number of nitrogens with zero attached hydrogens (tertiary/aromatic N) is 4. The minimum atomic E-state index is 0.402. The van der Waals surface area contributed by atoms with Crippen molar-refractivity contribution >= 4 is 11.6 Å². The molecule has 0 bridgehead atoms. The minimum absolute atomic E-state index is 0.402. The van der Waals surface area contributed by atoms with Crippen molar-refractivity contribution in [3.05, 3.63) is 66.0 Å². The van der Waals surface area contributed by atoms with E-state index in [1.54, 1.807) is 0 Å². The zero-order chi connectivity index (χ0) is 17.1. The van der Waals surface area contributed by atoms with Crippen LogP contribution in [0.25, 0.3) is 0 Å². The van der Waals surface area contributed by atoms with Crippen LogP contribution in [0.5, 0.6) is 0 Å². The highest BCUT2D eigenvalue weighted by molar-refractivity contribution is 5.52. The first-order valence-corrected chi connectivity index (χ1v) is 8.67. The Labute approximate surface area is 147 Å². The third-order valence-corrected chi connectivity index (χ3v) is 4.58. The van der Waals surface area contributed by atoms with Gasteiger partial charge in [-0.3, -0.25) is 4.90 Å². The third kappa shape index (κ3) is 3.69. The van der Waals surface area contributed by atoms with Gasteiger partial charge in [-0.05, 0) is 56.1 Å². The Morgan fingerprint density at radius 2 is 2.16 bits per heavy atom. The van der Waals surface area contributed by atoms with Crippen LogP contribution in [0, 0.1) is 6.92 Å². The highest BCUT2D eigenvalue weighted by atomic mass is 15.2. The van der Waals surface area contributed by atoms with E-state index in [1.807, 2.05) is 43.7 Å². The van der Waals surface area contributed by atoms with Crippen molar-refractivity contribution in [3.8, 4) is 0 Å². The number of anilines is 2. The van der Waals surface area contributed by atoms with E-state index < -0.39 is 0 Å².